The van der Waals surface area contributed by atoms with Crippen molar-refractivity contribution in [3.05, 3.63) is 39.2 Å². The van der Waals surface area contributed by atoms with Crippen LogP contribution in [0.3, 0.4) is 0 Å². The van der Waals surface area contributed by atoms with E-state index in [1.165, 1.54) is 4.68 Å². The molecule has 3 rings (SSSR count). The van der Waals surface area contributed by atoms with Gasteiger partial charge in [-0.3, -0.25) is 4.79 Å². The van der Waals surface area contributed by atoms with Crippen molar-refractivity contribution in [2.24, 2.45) is 0 Å². The molecule has 1 aromatic carbocycles. The third-order valence-electron chi connectivity index (χ3n) is 5.97. The van der Waals surface area contributed by atoms with Gasteiger partial charge in [0.25, 0.3) is 5.56 Å². The van der Waals surface area contributed by atoms with Crippen LogP contribution in [0, 0.1) is 20.8 Å². The summed E-state index contributed by atoms with van der Waals surface area (Å²) < 4.78 is 24.6. The van der Waals surface area contributed by atoms with Gasteiger partial charge >= 0.3 is 7.12 Å². The van der Waals surface area contributed by atoms with Crippen molar-refractivity contribution >= 4 is 12.7 Å². The van der Waals surface area contributed by atoms with Crippen LogP contribution in [0.5, 0.6) is 11.5 Å². The maximum absolute atomic E-state index is 13.0. The average molecular weight is 400 g/mol. The van der Waals surface area contributed by atoms with E-state index in [-0.39, 0.29) is 5.56 Å². The van der Waals surface area contributed by atoms with E-state index in [1.54, 1.807) is 27.2 Å². The molecule has 2 heterocycles. The van der Waals surface area contributed by atoms with Crippen LogP contribution in [-0.4, -0.2) is 42.3 Å². The number of hydrogen-bond acceptors (Lipinski definition) is 6. The predicted octanol–water partition coefficient (Wildman–Crippen LogP) is 2.47. The second-order valence-electron chi connectivity index (χ2n) is 8.44. The Kier molecular flexibility index (Phi) is 5.30. The van der Waals surface area contributed by atoms with Gasteiger partial charge in [0.05, 0.1) is 36.7 Å². The van der Waals surface area contributed by atoms with E-state index in [9.17, 15) is 4.79 Å². The fourth-order valence-corrected chi connectivity index (χ4v) is 3.46. The molecule has 1 aliphatic heterocycles. The summed E-state index contributed by atoms with van der Waals surface area (Å²) in [5.74, 6) is 1.24. The van der Waals surface area contributed by atoms with Crippen molar-refractivity contribution in [1.29, 1.82) is 0 Å². The Morgan fingerprint density at radius 2 is 1.41 bits per heavy atom. The van der Waals surface area contributed by atoms with E-state index >= 15 is 0 Å². The number of aromatic nitrogens is 2. The van der Waals surface area contributed by atoms with Gasteiger partial charge in [-0.2, -0.15) is 9.78 Å². The van der Waals surface area contributed by atoms with Crippen LogP contribution in [0.25, 0.3) is 5.69 Å². The zero-order valence-electron chi connectivity index (χ0n) is 18.7. The minimum absolute atomic E-state index is 0.216. The van der Waals surface area contributed by atoms with Gasteiger partial charge in [-0.1, -0.05) is 0 Å². The van der Waals surface area contributed by atoms with Crippen LogP contribution in [0.15, 0.2) is 16.9 Å². The SMILES string of the molecule is COc1cc(OC)c(C)c(-n2nc(B3OC(C)(C)C(C)(C)O3)cc(C)c2=O)c1C. The summed E-state index contributed by atoms with van der Waals surface area (Å²) in [7, 11) is 2.50. The maximum atomic E-state index is 13.0. The molecule has 0 aliphatic carbocycles. The zero-order valence-corrected chi connectivity index (χ0v) is 18.7. The van der Waals surface area contributed by atoms with Crippen molar-refractivity contribution in [2.75, 3.05) is 14.2 Å². The monoisotopic (exact) mass is 400 g/mol. The molecule has 1 saturated heterocycles. The van der Waals surface area contributed by atoms with Gasteiger partial charge in [-0.15, -0.1) is 0 Å². The van der Waals surface area contributed by atoms with E-state index in [4.69, 9.17) is 18.8 Å². The van der Waals surface area contributed by atoms with Crippen LogP contribution in [-0.2, 0) is 9.31 Å². The average Bonchev–Trinajstić information content (AvgIpc) is 2.86. The summed E-state index contributed by atoms with van der Waals surface area (Å²) in [4.78, 5) is 13.0. The molecule has 2 aromatic rings. The number of hydrogen-bond donors (Lipinski definition) is 0. The molecule has 8 heteroatoms. The van der Waals surface area contributed by atoms with Gasteiger partial charge in [-0.05, 0) is 54.5 Å². The van der Waals surface area contributed by atoms with Crippen LogP contribution in [0.2, 0.25) is 0 Å². The Labute approximate surface area is 172 Å². The number of aryl methyl sites for hydroxylation is 1. The lowest BCUT2D eigenvalue weighted by atomic mass is 9.84. The first-order valence-electron chi connectivity index (χ1n) is 9.62. The summed E-state index contributed by atoms with van der Waals surface area (Å²) in [6.45, 7) is 13.5. The Morgan fingerprint density at radius 3 is 1.86 bits per heavy atom. The molecule has 0 bridgehead atoms. The molecule has 29 heavy (non-hydrogen) atoms. The quantitative estimate of drug-likeness (QED) is 0.735. The van der Waals surface area contributed by atoms with Crippen LogP contribution in [0.1, 0.15) is 44.4 Å². The highest BCUT2D eigenvalue weighted by Crippen LogP contribution is 2.37. The normalized spacial score (nSPS) is 17.5. The van der Waals surface area contributed by atoms with Gasteiger partial charge in [0.2, 0.25) is 0 Å². The van der Waals surface area contributed by atoms with Crippen molar-refractivity contribution < 1.29 is 18.8 Å². The van der Waals surface area contributed by atoms with Crippen LogP contribution < -0.4 is 20.6 Å². The minimum Gasteiger partial charge on any atom is -0.496 e. The molecule has 156 valence electrons. The Balaban J connectivity index is 2.22. The number of methoxy groups -OCH3 is 2. The minimum atomic E-state index is -0.668. The molecule has 1 aliphatic rings. The molecular weight excluding hydrogens is 371 g/mol. The first-order chi connectivity index (χ1) is 13.4. The molecule has 7 nitrogen and oxygen atoms in total. The number of benzene rings is 1. The number of ether oxygens (including phenoxy) is 2. The summed E-state index contributed by atoms with van der Waals surface area (Å²) in [6, 6.07) is 3.53. The van der Waals surface area contributed by atoms with Crippen LogP contribution >= 0.6 is 0 Å². The summed E-state index contributed by atoms with van der Waals surface area (Å²) in [6.07, 6.45) is 0. The molecule has 1 fully saturated rings. The molecule has 0 spiro atoms. The maximum Gasteiger partial charge on any atom is 0.516 e. The smallest absolute Gasteiger partial charge is 0.496 e. The third-order valence-corrected chi connectivity index (χ3v) is 5.97. The zero-order chi connectivity index (χ0) is 21.7. The Bertz CT molecular complexity index is 969. The van der Waals surface area contributed by atoms with E-state index < -0.39 is 18.3 Å². The molecule has 1 aromatic heterocycles. The van der Waals surface area contributed by atoms with Crippen molar-refractivity contribution in [3.63, 3.8) is 0 Å². The number of rotatable bonds is 4. The van der Waals surface area contributed by atoms with Crippen molar-refractivity contribution in [3.8, 4) is 17.2 Å². The fraction of sp³-hybridized carbons (Fsp3) is 0.524. The molecule has 0 saturated carbocycles. The van der Waals surface area contributed by atoms with E-state index in [1.807, 2.05) is 47.6 Å². The van der Waals surface area contributed by atoms with Crippen LogP contribution in [0.4, 0.5) is 0 Å². The highest BCUT2D eigenvalue weighted by molar-refractivity contribution is 6.61. The summed E-state index contributed by atoms with van der Waals surface area (Å²) in [5, 5.41) is 4.63. The topological polar surface area (TPSA) is 71.8 Å². The van der Waals surface area contributed by atoms with Gasteiger partial charge in [0.15, 0.2) is 0 Å². The first kappa shape index (κ1) is 21.4. The van der Waals surface area contributed by atoms with Gasteiger partial charge in [0.1, 0.15) is 11.5 Å². The third kappa shape index (κ3) is 3.44. The molecular formula is C21H29BN2O5. The highest BCUT2D eigenvalue weighted by Gasteiger charge is 2.52. The van der Waals surface area contributed by atoms with E-state index in [2.05, 4.69) is 5.10 Å². The number of nitrogens with zero attached hydrogens (tertiary/aromatic N) is 2. The predicted molar refractivity (Wildman–Crippen MR) is 113 cm³/mol. The molecule has 0 atom stereocenters. The Morgan fingerprint density at radius 1 is 0.931 bits per heavy atom. The van der Waals surface area contributed by atoms with E-state index in [0.29, 0.717) is 28.3 Å². The lowest BCUT2D eigenvalue weighted by Gasteiger charge is -2.32. The standard InChI is InChI=1S/C21H29BN2O5/c1-12-10-17(22-28-20(4,5)21(6,7)29-22)23-24(19(12)25)18-13(2)15(26-8)11-16(27-9)14(18)3/h10-11H,1-9H3. The fourth-order valence-electron chi connectivity index (χ4n) is 3.46. The van der Waals surface area contributed by atoms with Gasteiger partial charge in [0, 0.05) is 22.8 Å². The summed E-state index contributed by atoms with van der Waals surface area (Å²) in [5.41, 5.74) is 2.10. The van der Waals surface area contributed by atoms with Crippen molar-refractivity contribution in [2.45, 2.75) is 59.7 Å². The highest BCUT2D eigenvalue weighted by atomic mass is 16.7. The first-order valence-corrected chi connectivity index (χ1v) is 9.62. The van der Waals surface area contributed by atoms with Gasteiger partial charge < -0.3 is 18.8 Å². The van der Waals surface area contributed by atoms with E-state index in [0.717, 1.165) is 11.1 Å². The lowest BCUT2D eigenvalue weighted by Crippen LogP contribution is -2.42. The summed E-state index contributed by atoms with van der Waals surface area (Å²) >= 11 is 0. The molecule has 0 amide bonds. The largest absolute Gasteiger partial charge is 0.516 e. The lowest BCUT2D eigenvalue weighted by molar-refractivity contribution is 0.00578. The Hall–Kier alpha value is -2.32. The van der Waals surface area contributed by atoms with Crippen molar-refractivity contribution in [1.82, 2.24) is 9.78 Å². The second-order valence-corrected chi connectivity index (χ2v) is 8.44. The molecule has 0 unspecified atom stereocenters. The molecule has 0 radical (unpaired) electrons. The second kappa shape index (κ2) is 7.18. The van der Waals surface area contributed by atoms with Gasteiger partial charge in [-0.25, -0.2) is 0 Å². The molecule has 0 N–H and O–H groups in total.